The molecule has 0 aliphatic rings. The van der Waals surface area contributed by atoms with Crippen LogP contribution in [0.5, 0.6) is 5.75 Å². The van der Waals surface area contributed by atoms with Crippen LogP contribution >= 0.6 is 0 Å². The molecular weight excluding hydrogens is 334 g/mol. The molecule has 1 aromatic rings. The first-order valence-electron chi connectivity index (χ1n) is 11.3. The van der Waals surface area contributed by atoms with Crippen molar-refractivity contribution in [2.45, 2.75) is 110 Å². The highest BCUT2D eigenvalue weighted by atomic mass is 16.3. The maximum absolute atomic E-state index is 11.8. The molecule has 1 amide bonds. The summed E-state index contributed by atoms with van der Waals surface area (Å²) >= 11 is 0. The fourth-order valence-corrected chi connectivity index (χ4v) is 3.38. The Morgan fingerprint density at radius 2 is 1.19 bits per heavy atom. The first-order chi connectivity index (χ1) is 13.2. The minimum Gasteiger partial charge on any atom is -0.508 e. The van der Waals surface area contributed by atoms with E-state index in [-0.39, 0.29) is 11.7 Å². The van der Waals surface area contributed by atoms with Gasteiger partial charge in [-0.15, -0.1) is 0 Å². The number of phenolic OH excluding ortho intramolecular Hbond substituents is 1. The molecule has 3 heteroatoms. The van der Waals surface area contributed by atoms with Crippen LogP contribution in [0.2, 0.25) is 0 Å². The highest BCUT2D eigenvalue weighted by molar-refractivity contribution is 5.75. The highest BCUT2D eigenvalue weighted by Gasteiger charge is 2.01. The van der Waals surface area contributed by atoms with Gasteiger partial charge >= 0.3 is 0 Å². The van der Waals surface area contributed by atoms with E-state index in [2.05, 4.69) is 12.2 Å². The molecule has 0 aromatic heterocycles. The van der Waals surface area contributed by atoms with Gasteiger partial charge in [0.25, 0.3) is 0 Å². The molecule has 0 aliphatic carbocycles. The summed E-state index contributed by atoms with van der Waals surface area (Å²) in [5.41, 5.74) is 1.02. The summed E-state index contributed by atoms with van der Waals surface area (Å²) in [4.78, 5) is 11.8. The number of carbonyl (C=O) groups is 1. The number of hydrogen-bond acceptors (Lipinski definition) is 2. The van der Waals surface area contributed by atoms with Crippen molar-refractivity contribution >= 4 is 5.91 Å². The van der Waals surface area contributed by atoms with E-state index in [4.69, 9.17) is 0 Å². The zero-order valence-corrected chi connectivity index (χ0v) is 17.5. The second-order valence-corrected chi connectivity index (χ2v) is 7.79. The lowest BCUT2D eigenvalue weighted by Gasteiger charge is -2.06. The molecule has 0 bridgehead atoms. The van der Waals surface area contributed by atoms with Crippen molar-refractivity contribution in [1.82, 2.24) is 5.32 Å². The fourth-order valence-electron chi connectivity index (χ4n) is 3.38. The average molecular weight is 376 g/mol. The van der Waals surface area contributed by atoms with Crippen molar-refractivity contribution in [2.75, 3.05) is 0 Å². The normalized spacial score (nSPS) is 10.9. The van der Waals surface area contributed by atoms with Crippen molar-refractivity contribution in [2.24, 2.45) is 0 Å². The van der Waals surface area contributed by atoms with Crippen LogP contribution in [0.15, 0.2) is 24.3 Å². The largest absolute Gasteiger partial charge is 0.508 e. The van der Waals surface area contributed by atoms with Crippen LogP contribution in [0, 0.1) is 0 Å². The van der Waals surface area contributed by atoms with Crippen LogP contribution < -0.4 is 5.32 Å². The number of hydrogen-bond donors (Lipinski definition) is 2. The number of benzene rings is 1. The van der Waals surface area contributed by atoms with Gasteiger partial charge in [0.2, 0.25) is 5.91 Å². The standard InChI is InChI=1S/C24H41NO2/c1-2-3-4-5-6-7-8-9-10-11-12-13-14-15-16-24(27)25-21-22-17-19-23(26)20-18-22/h17-20,26H,2-16,21H2,1H3,(H,25,27). The minimum atomic E-state index is 0.127. The summed E-state index contributed by atoms with van der Waals surface area (Å²) in [7, 11) is 0. The van der Waals surface area contributed by atoms with Crippen LogP contribution in [0.1, 0.15) is 109 Å². The fraction of sp³-hybridized carbons (Fsp3) is 0.708. The predicted octanol–water partition coefficient (Wildman–Crippen LogP) is 6.88. The average Bonchev–Trinajstić information content (AvgIpc) is 2.68. The zero-order valence-electron chi connectivity index (χ0n) is 17.5. The van der Waals surface area contributed by atoms with Crippen molar-refractivity contribution < 1.29 is 9.90 Å². The van der Waals surface area contributed by atoms with E-state index in [1.54, 1.807) is 12.1 Å². The van der Waals surface area contributed by atoms with E-state index in [0.29, 0.717) is 13.0 Å². The molecule has 0 radical (unpaired) electrons. The number of phenols is 1. The molecule has 0 fully saturated rings. The third-order valence-corrected chi connectivity index (χ3v) is 5.18. The van der Waals surface area contributed by atoms with E-state index >= 15 is 0 Å². The second kappa shape index (κ2) is 16.6. The van der Waals surface area contributed by atoms with Crippen LogP contribution in [0.3, 0.4) is 0 Å². The predicted molar refractivity (Wildman–Crippen MR) is 115 cm³/mol. The SMILES string of the molecule is CCCCCCCCCCCCCCCCC(=O)NCc1ccc(O)cc1. The van der Waals surface area contributed by atoms with Gasteiger partial charge in [0.15, 0.2) is 0 Å². The van der Waals surface area contributed by atoms with Gasteiger partial charge in [-0.25, -0.2) is 0 Å². The smallest absolute Gasteiger partial charge is 0.220 e. The van der Waals surface area contributed by atoms with Crippen LogP contribution in [0.25, 0.3) is 0 Å². The van der Waals surface area contributed by atoms with Crippen molar-refractivity contribution in [3.05, 3.63) is 29.8 Å². The Balaban J connectivity index is 1.81. The molecule has 0 spiro atoms. The number of carbonyl (C=O) groups excluding carboxylic acids is 1. The summed E-state index contributed by atoms with van der Waals surface area (Å²) in [6, 6.07) is 6.97. The third kappa shape index (κ3) is 14.2. The Morgan fingerprint density at radius 3 is 1.67 bits per heavy atom. The summed E-state index contributed by atoms with van der Waals surface area (Å²) < 4.78 is 0. The van der Waals surface area contributed by atoms with Crippen molar-refractivity contribution in [1.29, 1.82) is 0 Å². The topological polar surface area (TPSA) is 49.3 Å². The third-order valence-electron chi connectivity index (χ3n) is 5.18. The second-order valence-electron chi connectivity index (χ2n) is 7.79. The van der Waals surface area contributed by atoms with Gasteiger partial charge in [0.1, 0.15) is 5.75 Å². The Morgan fingerprint density at radius 1 is 0.741 bits per heavy atom. The van der Waals surface area contributed by atoms with Gasteiger partial charge < -0.3 is 10.4 Å². The van der Waals surface area contributed by atoms with Gasteiger partial charge in [0, 0.05) is 13.0 Å². The Kier molecular flexibility index (Phi) is 14.5. The number of unbranched alkanes of at least 4 members (excludes halogenated alkanes) is 13. The lowest BCUT2D eigenvalue weighted by Crippen LogP contribution is -2.22. The number of rotatable bonds is 17. The minimum absolute atomic E-state index is 0.127. The summed E-state index contributed by atoms with van der Waals surface area (Å²) in [6.45, 7) is 2.81. The molecule has 154 valence electrons. The Bertz CT molecular complexity index is 470. The molecule has 0 atom stereocenters. The number of nitrogens with one attached hydrogen (secondary N) is 1. The molecule has 1 rings (SSSR count). The Hall–Kier alpha value is -1.51. The molecule has 0 unspecified atom stereocenters. The molecular formula is C24H41NO2. The van der Waals surface area contributed by atoms with Gasteiger partial charge in [-0.2, -0.15) is 0 Å². The molecule has 0 aliphatic heterocycles. The molecule has 3 nitrogen and oxygen atoms in total. The molecule has 0 saturated heterocycles. The molecule has 0 saturated carbocycles. The van der Waals surface area contributed by atoms with E-state index in [0.717, 1.165) is 18.4 Å². The van der Waals surface area contributed by atoms with E-state index < -0.39 is 0 Å². The van der Waals surface area contributed by atoms with E-state index in [1.807, 2.05) is 12.1 Å². The van der Waals surface area contributed by atoms with Gasteiger partial charge in [-0.05, 0) is 24.1 Å². The quantitative estimate of drug-likeness (QED) is 0.292. The van der Waals surface area contributed by atoms with Crippen molar-refractivity contribution in [3.8, 4) is 5.75 Å². The van der Waals surface area contributed by atoms with E-state index in [1.165, 1.54) is 77.0 Å². The number of aromatic hydroxyl groups is 1. The van der Waals surface area contributed by atoms with Crippen LogP contribution in [-0.4, -0.2) is 11.0 Å². The maximum Gasteiger partial charge on any atom is 0.220 e. The molecule has 1 aromatic carbocycles. The van der Waals surface area contributed by atoms with Gasteiger partial charge in [0.05, 0.1) is 0 Å². The Labute approximate surface area is 167 Å². The summed E-state index contributed by atoms with van der Waals surface area (Å²) in [5, 5.41) is 12.2. The molecule has 2 N–H and O–H groups in total. The van der Waals surface area contributed by atoms with Gasteiger partial charge in [-0.1, -0.05) is 103 Å². The number of amides is 1. The maximum atomic E-state index is 11.8. The first-order valence-corrected chi connectivity index (χ1v) is 11.3. The lowest BCUT2D eigenvalue weighted by atomic mass is 10.0. The van der Waals surface area contributed by atoms with Crippen LogP contribution in [-0.2, 0) is 11.3 Å². The highest BCUT2D eigenvalue weighted by Crippen LogP contribution is 2.13. The summed E-state index contributed by atoms with van der Waals surface area (Å²) in [6.07, 6.45) is 19.3. The molecule has 27 heavy (non-hydrogen) atoms. The summed E-state index contributed by atoms with van der Waals surface area (Å²) in [5.74, 6) is 0.384. The first kappa shape index (κ1) is 23.5. The van der Waals surface area contributed by atoms with Crippen molar-refractivity contribution in [3.63, 3.8) is 0 Å². The van der Waals surface area contributed by atoms with E-state index in [9.17, 15) is 9.90 Å². The lowest BCUT2D eigenvalue weighted by molar-refractivity contribution is -0.121. The monoisotopic (exact) mass is 375 g/mol. The van der Waals surface area contributed by atoms with Gasteiger partial charge in [-0.3, -0.25) is 4.79 Å². The van der Waals surface area contributed by atoms with Crippen LogP contribution in [0.4, 0.5) is 0 Å². The molecule has 0 heterocycles. The zero-order chi connectivity index (χ0) is 19.6.